The number of carbonyl (C=O) groups excluding carboxylic acids is 2. The van der Waals surface area contributed by atoms with Gasteiger partial charge in [-0.2, -0.15) is 26.3 Å². The Balaban J connectivity index is 1.73. The maximum Gasteiger partial charge on any atom is 0.416 e. The largest absolute Gasteiger partial charge is 0.416 e. The molecule has 0 aliphatic carbocycles. The van der Waals surface area contributed by atoms with Gasteiger partial charge in [0.15, 0.2) is 0 Å². The van der Waals surface area contributed by atoms with Crippen LogP contribution in [0.5, 0.6) is 0 Å². The Hall–Kier alpha value is -4.72. The number of rotatable bonds is 7. The van der Waals surface area contributed by atoms with Gasteiger partial charge in [0.25, 0.3) is 0 Å². The van der Waals surface area contributed by atoms with Crippen LogP contribution in [0.15, 0.2) is 72.8 Å². The van der Waals surface area contributed by atoms with Crippen molar-refractivity contribution in [2.24, 2.45) is 0 Å². The minimum absolute atomic E-state index is 0.119. The van der Waals surface area contributed by atoms with Gasteiger partial charge in [0.2, 0.25) is 0 Å². The SMILES string of the molecule is Cc1c(/C=C/c2cc(C=O)ccc2C(F)(F)F)cccc1-c1cccc(/C=C/c2cc(C=O)ccc2C(F)(F)F)c1C. The van der Waals surface area contributed by atoms with Gasteiger partial charge >= 0.3 is 12.4 Å². The molecule has 0 aromatic heterocycles. The molecule has 0 aliphatic heterocycles. The molecule has 4 aromatic rings. The van der Waals surface area contributed by atoms with Crippen LogP contribution in [0.1, 0.15) is 65.2 Å². The van der Waals surface area contributed by atoms with Gasteiger partial charge in [-0.05, 0) is 82.6 Å². The summed E-state index contributed by atoms with van der Waals surface area (Å²) >= 11 is 0. The molecule has 4 rings (SSSR count). The van der Waals surface area contributed by atoms with E-state index in [2.05, 4.69) is 0 Å². The molecule has 8 heteroatoms. The fraction of sp³-hybridized carbons (Fsp3) is 0.118. The summed E-state index contributed by atoms with van der Waals surface area (Å²) in [5, 5.41) is 0. The van der Waals surface area contributed by atoms with Crippen LogP contribution in [0.3, 0.4) is 0 Å². The lowest BCUT2D eigenvalue weighted by Gasteiger charge is -2.15. The number of hydrogen-bond donors (Lipinski definition) is 0. The molecule has 0 aliphatic rings. The molecular formula is C34H24F6O2. The van der Waals surface area contributed by atoms with Gasteiger partial charge in [-0.3, -0.25) is 9.59 Å². The van der Waals surface area contributed by atoms with Crippen molar-refractivity contribution in [2.45, 2.75) is 26.2 Å². The Morgan fingerprint density at radius 2 is 0.857 bits per heavy atom. The van der Waals surface area contributed by atoms with Crippen molar-refractivity contribution < 1.29 is 35.9 Å². The fourth-order valence-electron chi connectivity index (χ4n) is 4.71. The van der Waals surface area contributed by atoms with Crippen LogP contribution in [-0.4, -0.2) is 12.6 Å². The minimum Gasteiger partial charge on any atom is -0.298 e. The maximum absolute atomic E-state index is 13.5. The molecule has 0 N–H and O–H groups in total. The zero-order valence-corrected chi connectivity index (χ0v) is 22.5. The predicted molar refractivity (Wildman–Crippen MR) is 153 cm³/mol. The molecule has 214 valence electrons. The highest BCUT2D eigenvalue weighted by Gasteiger charge is 2.33. The van der Waals surface area contributed by atoms with Crippen molar-refractivity contribution in [3.63, 3.8) is 0 Å². The summed E-state index contributed by atoms with van der Waals surface area (Å²) < 4.78 is 81.3. The van der Waals surface area contributed by atoms with Gasteiger partial charge in [0.05, 0.1) is 11.1 Å². The molecule has 0 fully saturated rings. The van der Waals surface area contributed by atoms with Crippen molar-refractivity contribution in [3.05, 3.63) is 128 Å². The van der Waals surface area contributed by atoms with Gasteiger partial charge in [0.1, 0.15) is 12.6 Å². The third-order valence-corrected chi connectivity index (χ3v) is 6.96. The first-order chi connectivity index (χ1) is 19.8. The van der Waals surface area contributed by atoms with Crippen LogP contribution < -0.4 is 0 Å². The number of aldehydes is 2. The van der Waals surface area contributed by atoms with E-state index in [-0.39, 0.29) is 22.3 Å². The third kappa shape index (κ3) is 6.60. The summed E-state index contributed by atoms with van der Waals surface area (Å²) in [5.41, 5.74) is 2.67. The molecule has 0 bridgehead atoms. The monoisotopic (exact) mass is 578 g/mol. The van der Waals surface area contributed by atoms with E-state index in [1.165, 1.54) is 24.3 Å². The molecule has 42 heavy (non-hydrogen) atoms. The standard InChI is InChI=1S/C34H24F6O2/c1-21-25(11-13-27-17-23(19-41)9-15-31(27)33(35,36)37)5-3-7-29(21)30-8-4-6-26(22(30)2)12-14-28-18-24(20-42)10-16-32(28)34(38,39)40/h3-20H,1-2H3/b13-11+,14-12+. The summed E-state index contributed by atoms with van der Waals surface area (Å²) in [7, 11) is 0. The lowest BCUT2D eigenvalue weighted by Crippen LogP contribution is -2.07. The molecule has 0 unspecified atom stereocenters. The third-order valence-electron chi connectivity index (χ3n) is 6.96. The van der Waals surface area contributed by atoms with Crippen LogP contribution in [0.25, 0.3) is 35.4 Å². The van der Waals surface area contributed by atoms with E-state index in [0.29, 0.717) is 23.7 Å². The van der Waals surface area contributed by atoms with E-state index in [1.807, 2.05) is 26.0 Å². The summed E-state index contributed by atoms with van der Waals surface area (Å²) in [6, 6.07) is 17.1. The molecule has 0 radical (unpaired) electrons. The van der Waals surface area contributed by atoms with Crippen molar-refractivity contribution in [1.82, 2.24) is 0 Å². The Morgan fingerprint density at radius 3 is 1.19 bits per heavy atom. The van der Waals surface area contributed by atoms with E-state index in [0.717, 1.165) is 46.5 Å². The zero-order chi connectivity index (χ0) is 30.7. The second-order valence-corrected chi connectivity index (χ2v) is 9.63. The Morgan fingerprint density at radius 1 is 0.500 bits per heavy atom. The van der Waals surface area contributed by atoms with Crippen LogP contribution in [0.4, 0.5) is 26.3 Å². The van der Waals surface area contributed by atoms with Crippen molar-refractivity contribution in [2.75, 3.05) is 0 Å². The summed E-state index contributed by atoms with van der Waals surface area (Å²) in [6.07, 6.45) is -2.49. The smallest absolute Gasteiger partial charge is 0.298 e. The molecule has 4 aromatic carbocycles. The highest BCUT2D eigenvalue weighted by molar-refractivity contribution is 5.84. The lowest BCUT2D eigenvalue weighted by atomic mass is 9.90. The van der Waals surface area contributed by atoms with Crippen LogP contribution >= 0.6 is 0 Å². The van der Waals surface area contributed by atoms with E-state index in [9.17, 15) is 35.9 Å². The second-order valence-electron chi connectivity index (χ2n) is 9.63. The summed E-state index contributed by atoms with van der Waals surface area (Å²) in [4.78, 5) is 22.3. The summed E-state index contributed by atoms with van der Waals surface area (Å²) in [5.74, 6) is 0. The number of alkyl halides is 6. The highest BCUT2D eigenvalue weighted by Crippen LogP contribution is 2.36. The zero-order valence-electron chi connectivity index (χ0n) is 22.5. The first-order valence-electron chi connectivity index (χ1n) is 12.7. The Kier molecular flexibility index (Phi) is 8.66. The highest BCUT2D eigenvalue weighted by atomic mass is 19.4. The van der Waals surface area contributed by atoms with Crippen molar-refractivity contribution in [3.8, 4) is 11.1 Å². The molecule has 0 saturated carbocycles. The van der Waals surface area contributed by atoms with Gasteiger partial charge in [-0.15, -0.1) is 0 Å². The van der Waals surface area contributed by atoms with E-state index in [4.69, 9.17) is 0 Å². The van der Waals surface area contributed by atoms with Gasteiger partial charge < -0.3 is 0 Å². The molecule has 2 nitrogen and oxygen atoms in total. The fourth-order valence-corrected chi connectivity index (χ4v) is 4.71. The van der Waals surface area contributed by atoms with E-state index < -0.39 is 23.5 Å². The number of halogens is 6. The lowest BCUT2D eigenvalue weighted by molar-refractivity contribution is -0.138. The van der Waals surface area contributed by atoms with Crippen LogP contribution in [-0.2, 0) is 12.4 Å². The van der Waals surface area contributed by atoms with Crippen molar-refractivity contribution in [1.29, 1.82) is 0 Å². The van der Waals surface area contributed by atoms with Gasteiger partial charge in [-0.25, -0.2) is 0 Å². The van der Waals surface area contributed by atoms with Gasteiger partial charge in [0, 0.05) is 11.1 Å². The Labute approximate surface area is 238 Å². The topological polar surface area (TPSA) is 34.1 Å². The molecule has 0 atom stereocenters. The number of benzene rings is 4. The van der Waals surface area contributed by atoms with Crippen LogP contribution in [0.2, 0.25) is 0 Å². The normalized spacial score (nSPS) is 12.3. The average Bonchev–Trinajstić information content (AvgIpc) is 2.95. The molecule has 0 saturated heterocycles. The molecule has 0 amide bonds. The molecule has 0 heterocycles. The Bertz CT molecular complexity index is 1580. The molecule has 0 spiro atoms. The summed E-state index contributed by atoms with van der Waals surface area (Å²) in [6.45, 7) is 3.65. The first kappa shape index (κ1) is 30.2. The maximum atomic E-state index is 13.5. The minimum atomic E-state index is -4.60. The second kappa shape index (κ2) is 12.0. The quantitative estimate of drug-likeness (QED) is 0.124. The van der Waals surface area contributed by atoms with Crippen LogP contribution in [0, 0.1) is 13.8 Å². The first-order valence-corrected chi connectivity index (χ1v) is 12.7. The van der Waals surface area contributed by atoms with E-state index >= 15 is 0 Å². The van der Waals surface area contributed by atoms with Crippen molar-refractivity contribution >= 4 is 36.9 Å². The average molecular weight is 579 g/mol. The predicted octanol–water partition coefficient (Wildman–Crippen LogP) is 9.97. The number of carbonyl (C=O) groups is 2. The van der Waals surface area contributed by atoms with Gasteiger partial charge in [-0.1, -0.05) is 72.8 Å². The number of hydrogen-bond acceptors (Lipinski definition) is 2. The molecular weight excluding hydrogens is 554 g/mol. The van der Waals surface area contributed by atoms with E-state index in [1.54, 1.807) is 36.4 Å².